The molecule has 1 atom stereocenters. The van der Waals surface area contributed by atoms with Crippen molar-refractivity contribution in [3.63, 3.8) is 0 Å². The number of halogens is 1. The standard InChI is InChI=1S/C16H14ClN3O2S/c17-14-5-1-2-6-15(14)23(21,22)13-8-9-20(11-13)16-7-3-4-12(10-18)19-16/h1-7,13H,8-9,11H2/t13-/m0/s1. The van der Waals surface area contributed by atoms with Crippen LogP contribution < -0.4 is 4.90 Å². The highest BCUT2D eigenvalue weighted by Crippen LogP contribution is 2.30. The number of hydrogen-bond donors (Lipinski definition) is 0. The SMILES string of the molecule is N#Cc1cccc(N2CC[C@H](S(=O)(=O)c3ccccc3Cl)C2)n1. The van der Waals surface area contributed by atoms with E-state index in [1.807, 2.05) is 11.0 Å². The van der Waals surface area contributed by atoms with Crippen LogP contribution in [-0.2, 0) is 9.84 Å². The van der Waals surface area contributed by atoms with Gasteiger partial charge in [0.05, 0.1) is 15.2 Å². The lowest BCUT2D eigenvalue weighted by atomic mass is 10.3. The Kier molecular flexibility index (Phi) is 4.24. The van der Waals surface area contributed by atoms with Gasteiger partial charge in [0, 0.05) is 13.1 Å². The minimum Gasteiger partial charge on any atom is -0.355 e. The quantitative estimate of drug-likeness (QED) is 0.853. The van der Waals surface area contributed by atoms with E-state index >= 15 is 0 Å². The van der Waals surface area contributed by atoms with Gasteiger partial charge in [-0.3, -0.25) is 0 Å². The van der Waals surface area contributed by atoms with Gasteiger partial charge >= 0.3 is 0 Å². The summed E-state index contributed by atoms with van der Waals surface area (Å²) in [5.41, 5.74) is 0.319. The maximum absolute atomic E-state index is 12.8. The summed E-state index contributed by atoms with van der Waals surface area (Å²) in [7, 11) is -3.49. The first-order valence-electron chi connectivity index (χ1n) is 7.13. The average molecular weight is 348 g/mol. The molecule has 0 aliphatic carbocycles. The van der Waals surface area contributed by atoms with E-state index in [1.165, 1.54) is 6.07 Å². The Balaban J connectivity index is 1.85. The Bertz CT molecular complexity index is 877. The molecule has 118 valence electrons. The van der Waals surface area contributed by atoms with Crippen LogP contribution in [-0.4, -0.2) is 31.7 Å². The average Bonchev–Trinajstić information content (AvgIpc) is 3.06. The normalized spacial score (nSPS) is 17.9. The Labute approximate surface area is 140 Å². The summed E-state index contributed by atoms with van der Waals surface area (Å²) in [6.07, 6.45) is 0.506. The van der Waals surface area contributed by atoms with Gasteiger partial charge in [0.1, 0.15) is 17.6 Å². The molecule has 1 aliphatic heterocycles. The van der Waals surface area contributed by atoms with Gasteiger partial charge in [-0.2, -0.15) is 5.26 Å². The molecule has 1 fully saturated rings. The van der Waals surface area contributed by atoms with Crippen LogP contribution in [0.3, 0.4) is 0 Å². The third-order valence-corrected chi connectivity index (χ3v) is 6.57. The molecule has 3 rings (SSSR count). The molecule has 2 aromatic rings. The van der Waals surface area contributed by atoms with Gasteiger partial charge in [-0.25, -0.2) is 13.4 Å². The predicted octanol–water partition coefficient (Wildman–Crippen LogP) is 2.66. The Morgan fingerprint density at radius 2 is 2.00 bits per heavy atom. The highest BCUT2D eigenvalue weighted by atomic mass is 35.5. The first kappa shape index (κ1) is 15.8. The Morgan fingerprint density at radius 1 is 1.22 bits per heavy atom. The van der Waals surface area contributed by atoms with Gasteiger partial charge in [0.15, 0.2) is 9.84 Å². The summed E-state index contributed by atoms with van der Waals surface area (Å²) in [4.78, 5) is 6.29. The van der Waals surface area contributed by atoms with Crippen LogP contribution in [0.4, 0.5) is 5.82 Å². The van der Waals surface area contributed by atoms with Crippen LogP contribution >= 0.6 is 11.6 Å². The highest BCUT2D eigenvalue weighted by molar-refractivity contribution is 7.92. The van der Waals surface area contributed by atoms with Crippen LogP contribution in [0.25, 0.3) is 0 Å². The second kappa shape index (κ2) is 6.19. The Morgan fingerprint density at radius 3 is 2.74 bits per heavy atom. The van der Waals surface area contributed by atoms with Gasteiger partial charge < -0.3 is 4.90 Å². The first-order valence-corrected chi connectivity index (χ1v) is 9.05. The van der Waals surface area contributed by atoms with Crippen molar-refractivity contribution in [2.75, 3.05) is 18.0 Å². The summed E-state index contributed by atoms with van der Waals surface area (Å²) < 4.78 is 25.5. The third kappa shape index (κ3) is 3.03. The maximum atomic E-state index is 12.8. The van der Waals surface area contributed by atoms with E-state index in [1.54, 1.807) is 36.4 Å². The summed E-state index contributed by atoms with van der Waals surface area (Å²) in [6.45, 7) is 0.922. The third-order valence-electron chi connectivity index (χ3n) is 3.90. The second-order valence-electron chi connectivity index (χ2n) is 5.32. The molecular formula is C16H14ClN3O2S. The van der Waals surface area contributed by atoms with Gasteiger partial charge in [0.25, 0.3) is 0 Å². The molecule has 0 bridgehead atoms. The molecule has 0 spiro atoms. The second-order valence-corrected chi connectivity index (χ2v) is 7.93. The van der Waals surface area contributed by atoms with Crippen LogP contribution in [0.1, 0.15) is 12.1 Å². The van der Waals surface area contributed by atoms with Gasteiger partial charge in [-0.05, 0) is 30.7 Å². The topological polar surface area (TPSA) is 74.1 Å². The van der Waals surface area contributed by atoms with Crippen LogP contribution in [0.15, 0.2) is 47.4 Å². The zero-order chi connectivity index (χ0) is 16.4. The van der Waals surface area contributed by atoms with E-state index in [0.29, 0.717) is 31.0 Å². The highest BCUT2D eigenvalue weighted by Gasteiger charge is 2.35. The number of hydrogen-bond acceptors (Lipinski definition) is 5. The van der Waals surface area contributed by atoms with E-state index in [2.05, 4.69) is 4.98 Å². The number of sulfone groups is 1. The van der Waals surface area contributed by atoms with E-state index < -0.39 is 15.1 Å². The molecule has 1 aromatic carbocycles. The number of nitrogens with zero attached hydrogens (tertiary/aromatic N) is 3. The molecular weight excluding hydrogens is 334 g/mol. The van der Waals surface area contributed by atoms with E-state index in [4.69, 9.17) is 16.9 Å². The van der Waals surface area contributed by atoms with E-state index in [9.17, 15) is 8.42 Å². The molecule has 0 unspecified atom stereocenters. The molecule has 1 saturated heterocycles. The number of nitriles is 1. The van der Waals surface area contributed by atoms with Crippen molar-refractivity contribution in [1.29, 1.82) is 5.26 Å². The molecule has 0 saturated carbocycles. The maximum Gasteiger partial charge on any atom is 0.184 e. The molecule has 0 amide bonds. The van der Waals surface area contributed by atoms with Crippen molar-refractivity contribution >= 4 is 27.3 Å². The summed E-state index contributed by atoms with van der Waals surface area (Å²) in [6, 6.07) is 13.6. The molecule has 1 aliphatic rings. The molecule has 23 heavy (non-hydrogen) atoms. The minimum absolute atomic E-state index is 0.173. The predicted molar refractivity (Wildman–Crippen MR) is 88.2 cm³/mol. The van der Waals surface area contributed by atoms with Crippen molar-refractivity contribution in [3.8, 4) is 6.07 Å². The van der Waals surface area contributed by atoms with Gasteiger partial charge in [-0.15, -0.1) is 0 Å². The van der Waals surface area contributed by atoms with Crippen LogP contribution in [0.5, 0.6) is 0 Å². The van der Waals surface area contributed by atoms with Crippen molar-refractivity contribution in [3.05, 3.63) is 53.2 Å². The fraction of sp³-hybridized carbons (Fsp3) is 0.250. The molecule has 5 nitrogen and oxygen atoms in total. The number of rotatable bonds is 3. The molecule has 2 heterocycles. The summed E-state index contributed by atoms with van der Waals surface area (Å²) in [5.74, 6) is 0.626. The van der Waals surface area contributed by atoms with Crippen LogP contribution in [0, 0.1) is 11.3 Å². The molecule has 1 aromatic heterocycles. The van der Waals surface area contributed by atoms with Crippen molar-refractivity contribution < 1.29 is 8.42 Å². The fourth-order valence-electron chi connectivity index (χ4n) is 2.71. The lowest BCUT2D eigenvalue weighted by Crippen LogP contribution is -2.27. The lowest BCUT2D eigenvalue weighted by Gasteiger charge is -2.18. The van der Waals surface area contributed by atoms with E-state index in [-0.39, 0.29) is 9.92 Å². The molecule has 7 heteroatoms. The van der Waals surface area contributed by atoms with Crippen molar-refractivity contribution in [1.82, 2.24) is 4.98 Å². The monoisotopic (exact) mass is 347 g/mol. The van der Waals surface area contributed by atoms with E-state index in [0.717, 1.165) is 0 Å². The smallest absolute Gasteiger partial charge is 0.184 e. The summed E-state index contributed by atoms with van der Waals surface area (Å²) >= 11 is 6.04. The van der Waals surface area contributed by atoms with Gasteiger partial charge in [-0.1, -0.05) is 29.8 Å². The molecule has 0 N–H and O–H groups in total. The lowest BCUT2D eigenvalue weighted by molar-refractivity contribution is 0.583. The fourth-order valence-corrected chi connectivity index (χ4v) is 4.92. The number of aromatic nitrogens is 1. The van der Waals surface area contributed by atoms with Crippen molar-refractivity contribution in [2.45, 2.75) is 16.6 Å². The number of anilines is 1. The number of benzene rings is 1. The largest absolute Gasteiger partial charge is 0.355 e. The zero-order valence-corrected chi connectivity index (χ0v) is 13.8. The van der Waals surface area contributed by atoms with Crippen LogP contribution in [0.2, 0.25) is 5.02 Å². The Hall–Kier alpha value is -2.10. The van der Waals surface area contributed by atoms with Gasteiger partial charge in [0.2, 0.25) is 0 Å². The zero-order valence-electron chi connectivity index (χ0n) is 12.2. The van der Waals surface area contributed by atoms with Crippen molar-refractivity contribution in [2.24, 2.45) is 0 Å². The minimum atomic E-state index is -3.49. The molecule has 0 radical (unpaired) electrons. The summed E-state index contributed by atoms with van der Waals surface area (Å²) in [5, 5.41) is 8.64. The number of pyridine rings is 1. The first-order chi connectivity index (χ1) is 11.0.